The van der Waals surface area contributed by atoms with Gasteiger partial charge in [-0.05, 0) is 116 Å². The molecule has 5 aliphatic rings. The maximum atomic E-state index is 13.6. The van der Waals surface area contributed by atoms with E-state index in [4.69, 9.17) is 9.16 Å². The van der Waals surface area contributed by atoms with Crippen LogP contribution in [0.15, 0.2) is 23.3 Å². The molecule has 0 radical (unpaired) electrons. The van der Waals surface area contributed by atoms with Crippen molar-refractivity contribution in [3.63, 3.8) is 0 Å². The second-order valence-electron chi connectivity index (χ2n) is 18.0. The van der Waals surface area contributed by atoms with Crippen LogP contribution in [0, 0.1) is 56.7 Å². The van der Waals surface area contributed by atoms with Gasteiger partial charge in [0.2, 0.25) is 0 Å². The molecular weight excluding hydrogens is 520 g/mol. The Morgan fingerprint density at radius 3 is 2.27 bits per heavy atom. The Hall–Kier alpha value is -0.873. The van der Waals surface area contributed by atoms with Gasteiger partial charge in [0.1, 0.15) is 0 Å². The third kappa shape index (κ3) is 4.07. The number of carbonyl (C=O) groups is 1. The highest BCUT2D eigenvalue weighted by Gasteiger charge is 2.70. The van der Waals surface area contributed by atoms with Gasteiger partial charge < -0.3 is 9.16 Å². The van der Waals surface area contributed by atoms with Gasteiger partial charge in [0.05, 0.1) is 12.5 Å². The van der Waals surface area contributed by atoms with Crippen molar-refractivity contribution in [1.82, 2.24) is 0 Å². The van der Waals surface area contributed by atoms with Gasteiger partial charge in [0.15, 0.2) is 8.32 Å². The molecule has 3 nitrogen and oxygen atoms in total. The summed E-state index contributed by atoms with van der Waals surface area (Å²) in [6.45, 7) is 30.4. The standard InChI is InChI=1S/C37H62O3Si/c1-24-16-19-37(31(38)39-11)21-20-34(8)27(30(37)26(24)3)14-15-29-35(34,9)18-17-28-33(7,22-25(2)36(28,29)10)23-40-41(12,13)32(4,5)6/h14,22,24,26,28-30H,15-21,23H2,1-13H3/t24-,26+,28?,29?,30?,33?,34-,35-,36+,37?/m1/s1. The van der Waals surface area contributed by atoms with E-state index in [0.29, 0.717) is 29.6 Å². The van der Waals surface area contributed by atoms with E-state index in [1.165, 1.54) is 12.8 Å². The summed E-state index contributed by atoms with van der Waals surface area (Å²) in [6.07, 6.45) is 13.2. The first kappa shape index (κ1) is 31.5. The molecular formula is C37H62O3Si. The third-order valence-electron chi connectivity index (χ3n) is 15.4. The highest BCUT2D eigenvalue weighted by Crippen LogP contribution is 2.76. The van der Waals surface area contributed by atoms with E-state index >= 15 is 0 Å². The van der Waals surface area contributed by atoms with Crippen LogP contribution in [0.4, 0.5) is 0 Å². The Bertz CT molecular complexity index is 1150. The SMILES string of the molecule is COC(=O)C12CC[C@@H](C)[C@H](C)C1C1=CCC3[C@@]4(C)C(C)=CC(C)(CO[Si](C)(C)C(C)(C)C)C4CC[C@@]3(C)[C@]1(C)CC2. The summed E-state index contributed by atoms with van der Waals surface area (Å²) in [6, 6.07) is 0. The fraction of sp³-hybridized carbons (Fsp3) is 0.865. The highest BCUT2D eigenvalue weighted by atomic mass is 28.4. The second kappa shape index (κ2) is 9.56. The van der Waals surface area contributed by atoms with Crippen LogP contribution in [0.1, 0.15) is 114 Å². The molecule has 10 atom stereocenters. The van der Waals surface area contributed by atoms with E-state index < -0.39 is 8.32 Å². The second-order valence-corrected chi connectivity index (χ2v) is 22.8. The number of ether oxygens (including phenoxy) is 1. The van der Waals surface area contributed by atoms with E-state index in [1.54, 1.807) is 18.3 Å². The van der Waals surface area contributed by atoms with Crippen LogP contribution in [-0.4, -0.2) is 28.0 Å². The lowest BCUT2D eigenvalue weighted by molar-refractivity contribution is -0.177. The van der Waals surface area contributed by atoms with Gasteiger partial charge >= 0.3 is 5.97 Å². The van der Waals surface area contributed by atoms with Crippen molar-refractivity contribution in [2.24, 2.45) is 56.7 Å². The summed E-state index contributed by atoms with van der Waals surface area (Å²) in [5, 5.41) is 0.225. The van der Waals surface area contributed by atoms with Crippen molar-refractivity contribution >= 4 is 14.3 Å². The summed E-state index contributed by atoms with van der Waals surface area (Å²) in [5.41, 5.74) is 3.48. The van der Waals surface area contributed by atoms with Crippen LogP contribution in [0.2, 0.25) is 18.1 Å². The van der Waals surface area contributed by atoms with Gasteiger partial charge in [-0.15, -0.1) is 0 Å². The van der Waals surface area contributed by atoms with Crippen molar-refractivity contribution in [3.05, 3.63) is 23.3 Å². The van der Waals surface area contributed by atoms with Crippen LogP contribution >= 0.6 is 0 Å². The number of hydrogen-bond donors (Lipinski definition) is 0. The molecule has 3 saturated carbocycles. The smallest absolute Gasteiger partial charge is 0.312 e. The van der Waals surface area contributed by atoms with Crippen molar-refractivity contribution in [1.29, 1.82) is 0 Å². The molecule has 0 bridgehead atoms. The lowest BCUT2D eigenvalue weighted by Gasteiger charge is -2.69. The minimum Gasteiger partial charge on any atom is -0.469 e. The predicted octanol–water partition coefficient (Wildman–Crippen LogP) is 9.98. The highest BCUT2D eigenvalue weighted by molar-refractivity contribution is 6.74. The third-order valence-corrected chi connectivity index (χ3v) is 19.9. The van der Waals surface area contributed by atoms with E-state index in [0.717, 1.165) is 38.7 Å². The van der Waals surface area contributed by atoms with Gasteiger partial charge in [-0.25, -0.2) is 0 Å². The molecule has 0 saturated heterocycles. The first-order valence-corrected chi connectivity index (χ1v) is 19.8. The first-order chi connectivity index (χ1) is 18.8. The Morgan fingerprint density at radius 1 is 1.00 bits per heavy atom. The molecule has 3 fully saturated rings. The Labute approximate surface area is 253 Å². The van der Waals surface area contributed by atoms with Crippen molar-refractivity contribution < 1.29 is 14.0 Å². The van der Waals surface area contributed by atoms with Crippen molar-refractivity contribution in [3.8, 4) is 0 Å². The minimum atomic E-state index is -1.83. The fourth-order valence-electron chi connectivity index (χ4n) is 11.3. The van der Waals surface area contributed by atoms with Crippen LogP contribution in [0.5, 0.6) is 0 Å². The van der Waals surface area contributed by atoms with Gasteiger partial charge in [-0.1, -0.05) is 85.6 Å². The average Bonchev–Trinajstić information content (AvgIpc) is 3.09. The lowest BCUT2D eigenvalue weighted by atomic mass is 9.35. The molecule has 41 heavy (non-hydrogen) atoms. The zero-order chi connectivity index (χ0) is 30.6. The monoisotopic (exact) mass is 582 g/mol. The molecule has 0 aromatic carbocycles. The number of methoxy groups -OCH3 is 1. The normalized spacial score (nSPS) is 47.8. The first-order valence-electron chi connectivity index (χ1n) is 16.9. The van der Waals surface area contributed by atoms with Gasteiger partial charge in [-0.3, -0.25) is 4.79 Å². The van der Waals surface area contributed by atoms with E-state index in [9.17, 15) is 4.79 Å². The molecule has 4 heteroatoms. The van der Waals surface area contributed by atoms with Crippen LogP contribution in [0.3, 0.4) is 0 Å². The topological polar surface area (TPSA) is 35.5 Å². The molecule has 0 aromatic rings. The summed E-state index contributed by atoms with van der Waals surface area (Å²) >= 11 is 0. The van der Waals surface area contributed by atoms with Gasteiger partial charge in [0.25, 0.3) is 0 Å². The average molecular weight is 583 g/mol. The van der Waals surface area contributed by atoms with E-state index in [2.05, 4.69) is 94.5 Å². The molecule has 0 heterocycles. The molecule has 0 aromatic heterocycles. The zero-order valence-electron chi connectivity index (χ0n) is 28.9. The number of allylic oxidation sites excluding steroid dienone is 3. The number of rotatable bonds is 4. The molecule has 0 aliphatic heterocycles. The number of hydrogen-bond acceptors (Lipinski definition) is 3. The molecule has 5 rings (SSSR count). The van der Waals surface area contributed by atoms with Crippen LogP contribution < -0.4 is 0 Å². The van der Waals surface area contributed by atoms with Crippen molar-refractivity contribution in [2.45, 2.75) is 132 Å². The molecule has 0 N–H and O–H groups in total. The number of fused-ring (bicyclic) bond motifs is 7. The fourth-order valence-corrected chi connectivity index (χ4v) is 12.4. The molecule has 5 unspecified atom stereocenters. The number of carbonyl (C=O) groups excluding carboxylic acids is 1. The van der Waals surface area contributed by atoms with Crippen molar-refractivity contribution in [2.75, 3.05) is 13.7 Å². The Balaban J connectivity index is 1.53. The largest absolute Gasteiger partial charge is 0.469 e. The van der Waals surface area contributed by atoms with Crippen LogP contribution in [0.25, 0.3) is 0 Å². The molecule has 0 spiro atoms. The molecule has 5 aliphatic carbocycles. The zero-order valence-corrected chi connectivity index (χ0v) is 29.9. The minimum absolute atomic E-state index is 0.0548. The summed E-state index contributed by atoms with van der Waals surface area (Å²) < 4.78 is 12.5. The molecule has 0 amide bonds. The quantitative estimate of drug-likeness (QED) is 0.188. The molecule has 232 valence electrons. The summed E-state index contributed by atoms with van der Waals surface area (Å²) in [5.74, 6) is 2.73. The van der Waals surface area contributed by atoms with Gasteiger partial charge in [-0.2, -0.15) is 0 Å². The predicted molar refractivity (Wildman–Crippen MR) is 173 cm³/mol. The number of esters is 1. The van der Waals surface area contributed by atoms with E-state index in [-0.39, 0.29) is 38.1 Å². The maximum absolute atomic E-state index is 13.6. The Morgan fingerprint density at radius 2 is 1.66 bits per heavy atom. The maximum Gasteiger partial charge on any atom is 0.312 e. The van der Waals surface area contributed by atoms with Crippen LogP contribution in [-0.2, 0) is 14.0 Å². The lowest BCUT2D eigenvalue weighted by Crippen LogP contribution is -2.63. The van der Waals surface area contributed by atoms with E-state index in [1.807, 2.05) is 0 Å². The summed E-state index contributed by atoms with van der Waals surface area (Å²) in [7, 11) is -0.221. The van der Waals surface area contributed by atoms with Gasteiger partial charge in [0, 0.05) is 12.0 Å². The summed E-state index contributed by atoms with van der Waals surface area (Å²) in [4.78, 5) is 13.6. The Kier molecular flexibility index (Phi) is 7.36.